The molecule has 0 aliphatic heterocycles. The molecule has 0 unspecified atom stereocenters. The normalized spacial score (nSPS) is 11.4. The van der Waals surface area contributed by atoms with Crippen LogP contribution in [0.2, 0.25) is 0 Å². The van der Waals surface area contributed by atoms with E-state index in [2.05, 4.69) is 9.89 Å². The minimum atomic E-state index is -4.33. The molecular formula is C14H12F3NO3. The number of nitrogens with zero attached hydrogens (tertiary/aromatic N) is 1. The number of methoxy groups -OCH3 is 1. The molecule has 0 amide bonds. The van der Waals surface area contributed by atoms with Gasteiger partial charge in [-0.3, -0.25) is 0 Å². The van der Waals surface area contributed by atoms with Crippen LogP contribution >= 0.6 is 0 Å². The molecule has 0 N–H and O–H groups in total. The molecule has 0 saturated heterocycles. The number of benzene rings is 1. The van der Waals surface area contributed by atoms with Crippen LogP contribution < -0.4 is 0 Å². The Balaban J connectivity index is 1.97. The van der Waals surface area contributed by atoms with Crippen LogP contribution in [0.15, 0.2) is 34.9 Å². The van der Waals surface area contributed by atoms with Gasteiger partial charge in [0.25, 0.3) is 0 Å². The van der Waals surface area contributed by atoms with Gasteiger partial charge >= 0.3 is 12.1 Å². The van der Waals surface area contributed by atoms with Crippen molar-refractivity contribution < 1.29 is 27.2 Å². The van der Waals surface area contributed by atoms with E-state index in [-0.39, 0.29) is 5.76 Å². The van der Waals surface area contributed by atoms with Crippen molar-refractivity contribution in [3.63, 3.8) is 0 Å². The molecule has 0 aliphatic carbocycles. The number of alkyl halides is 3. The first-order valence-electron chi connectivity index (χ1n) is 6.10. The monoisotopic (exact) mass is 299 g/mol. The molecule has 0 saturated carbocycles. The molecule has 0 atom stereocenters. The highest BCUT2D eigenvalue weighted by atomic mass is 19.4. The fraction of sp³-hybridized carbons (Fsp3) is 0.286. The third-order valence-electron chi connectivity index (χ3n) is 2.90. The van der Waals surface area contributed by atoms with Crippen LogP contribution in [-0.2, 0) is 23.8 Å². The number of halogens is 3. The van der Waals surface area contributed by atoms with E-state index in [1.54, 1.807) is 0 Å². The Kier molecular flexibility index (Phi) is 4.30. The van der Waals surface area contributed by atoms with Gasteiger partial charge in [0.1, 0.15) is 0 Å². The van der Waals surface area contributed by atoms with E-state index in [0.717, 1.165) is 17.7 Å². The molecule has 0 bridgehead atoms. The summed E-state index contributed by atoms with van der Waals surface area (Å²) in [4.78, 5) is 11.2. The van der Waals surface area contributed by atoms with E-state index in [4.69, 9.17) is 4.52 Å². The lowest BCUT2D eigenvalue weighted by molar-refractivity contribution is -0.137. The quantitative estimate of drug-likeness (QED) is 0.813. The van der Waals surface area contributed by atoms with Gasteiger partial charge in [-0.15, -0.1) is 0 Å². The average molecular weight is 299 g/mol. The number of aryl methyl sites for hydroxylation is 2. The molecular weight excluding hydrogens is 287 g/mol. The second-order valence-corrected chi connectivity index (χ2v) is 4.37. The number of esters is 1. The number of carbonyl (C=O) groups is 1. The molecule has 2 aromatic rings. The summed E-state index contributed by atoms with van der Waals surface area (Å²) >= 11 is 0. The maximum atomic E-state index is 12.4. The molecule has 1 aromatic carbocycles. The van der Waals surface area contributed by atoms with Gasteiger partial charge in [0, 0.05) is 6.07 Å². The third-order valence-corrected chi connectivity index (χ3v) is 2.90. The smallest absolute Gasteiger partial charge is 0.416 e. The number of ether oxygens (including phenoxy) is 1. The SMILES string of the molecule is COC(=O)c1cc(CCc2ccc(C(F)(F)F)cc2)no1. The van der Waals surface area contributed by atoms with E-state index in [0.29, 0.717) is 18.5 Å². The van der Waals surface area contributed by atoms with Crippen molar-refractivity contribution in [3.8, 4) is 0 Å². The van der Waals surface area contributed by atoms with Crippen molar-refractivity contribution in [2.75, 3.05) is 7.11 Å². The zero-order chi connectivity index (χ0) is 15.5. The standard InChI is InChI=1S/C14H12F3NO3/c1-20-13(19)12-8-11(18-21-12)7-4-9-2-5-10(6-3-9)14(15,16)17/h2-3,5-6,8H,4,7H2,1H3. The Labute approximate surface area is 118 Å². The van der Waals surface area contributed by atoms with Gasteiger partial charge < -0.3 is 9.26 Å². The number of carbonyl (C=O) groups excluding carboxylic acids is 1. The molecule has 112 valence electrons. The molecule has 4 nitrogen and oxygen atoms in total. The summed E-state index contributed by atoms with van der Waals surface area (Å²) in [5.41, 5.74) is 0.599. The molecule has 0 radical (unpaired) electrons. The van der Waals surface area contributed by atoms with Crippen molar-refractivity contribution in [1.29, 1.82) is 0 Å². The van der Waals surface area contributed by atoms with Gasteiger partial charge in [-0.05, 0) is 30.5 Å². The number of hydrogen-bond acceptors (Lipinski definition) is 4. The summed E-state index contributed by atoms with van der Waals surface area (Å²) in [6, 6.07) is 6.38. The summed E-state index contributed by atoms with van der Waals surface area (Å²) in [5.74, 6) is -0.622. The predicted octanol–water partition coefficient (Wildman–Crippen LogP) is 3.27. The van der Waals surface area contributed by atoms with Crippen molar-refractivity contribution in [2.24, 2.45) is 0 Å². The van der Waals surface area contributed by atoms with Crippen molar-refractivity contribution >= 4 is 5.97 Å². The van der Waals surface area contributed by atoms with Gasteiger partial charge in [0.05, 0.1) is 18.4 Å². The summed E-state index contributed by atoms with van der Waals surface area (Å²) in [5, 5.41) is 3.70. The van der Waals surface area contributed by atoms with Gasteiger partial charge in [-0.2, -0.15) is 13.2 Å². The maximum absolute atomic E-state index is 12.4. The lowest BCUT2D eigenvalue weighted by Gasteiger charge is -2.07. The van der Waals surface area contributed by atoms with E-state index in [1.807, 2.05) is 0 Å². The van der Waals surface area contributed by atoms with Crippen molar-refractivity contribution in [1.82, 2.24) is 5.16 Å². The molecule has 1 heterocycles. The summed E-state index contributed by atoms with van der Waals surface area (Å²) in [6.45, 7) is 0. The Bertz CT molecular complexity index is 617. The van der Waals surface area contributed by atoms with Crippen LogP contribution in [0.3, 0.4) is 0 Å². The molecule has 7 heteroatoms. The van der Waals surface area contributed by atoms with Crippen LogP contribution in [-0.4, -0.2) is 18.2 Å². The molecule has 0 aliphatic rings. The summed E-state index contributed by atoms with van der Waals surface area (Å²) in [6.07, 6.45) is -3.39. The Hall–Kier alpha value is -2.31. The lowest BCUT2D eigenvalue weighted by Crippen LogP contribution is -2.04. The number of aromatic nitrogens is 1. The fourth-order valence-corrected chi connectivity index (χ4v) is 1.76. The Morgan fingerprint density at radius 3 is 2.48 bits per heavy atom. The van der Waals surface area contributed by atoms with Gasteiger partial charge in [-0.1, -0.05) is 17.3 Å². The summed E-state index contributed by atoms with van der Waals surface area (Å²) in [7, 11) is 1.23. The van der Waals surface area contributed by atoms with E-state index in [1.165, 1.54) is 25.3 Å². The maximum Gasteiger partial charge on any atom is 0.416 e. The highest BCUT2D eigenvalue weighted by molar-refractivity contribution is 5.86. The fourth-order valence-electron chi connectivity index (χ4n) is 1.76. The molecule has 21 heavy (non-hydrogen) atoms. The minimum absolute atomic E-state index is 0.0000747. The first-order valence-corrected chi connectivity index (χ1v) is 6.10. The van der Waals surface area contributed by atoms with E-state index in [9.17, 15) is 18.0 Å². The third kappa shape index (κ3) is 3.84. The highest BCUT2D eigenvalue weighted by Crippen LogP contribution is 2.29. The zero-order valence-corrected chi connectivity index (χ0v) is 11.1. The first kappa shape index (κ1) is 15.1. The Morgan fingerprint density at radius 1 is 1.24 bits per heavy atom. The zero-order valence-electron chi connectivity index (χ0n) is 11.1. The average Bonchev–Trinajstić information content (AvgIpc) is 2.92. The van der Waals surface area contributed by atoms with Crippen LogP contribution in [0.1, 0.15) is 27.4 Å². The predicted molar refractivity (Wildman–Crippen MR) is 66.7 cm³/mol. The largest absolute Gasteiger partial charge is 0.463 e. The molecule has 0 spiro atoms. The summed E-state index contributed by atoms with van der Waals surface area (Å²) < 4.78 is 46.5. The second-order valence-electron chi connectivity index (χ2n) is 4.37. The van der Waals surface area contributed by atoms with Gasteiger partial charge in [0.2, 0.25) is 5.76 Å². The van der Waals surface area contributed by atoms with Crippen molar-refractivity contribution in [3.05, 3.63) is 52.9 Å². The second kappa shape index (κ2) is 5.99. The lowest BCUT2D eigenvalue weighted by atomic mass is 10.1. The Morgan fingerprint density at radius 2 is 1.90 bits per heavy atom. The number of hydrogen-bond donors (Lipinski definition) is 0. The molecule has 0 fully saturated rings. The van der Waals surface area contributed by atoms with E-state index >= 15 is 0 Å². The van der Waals surface area contributed by atoms with E-state index < -0.39 is 17.7 Å². The topological polar surface area (TPSA) is 52.3 Å². The van der Waals surface area contributed by atoms with Gasteiger partial charge in [-0.25, -0.2) is 4.79 Å². The molecule has 2 rings (SSSR count). The van der Waals surface area contributed by atoms with Gasteiger partial charge in [0.15, 0.2) is 0 Å². The molecule has 1 aromatic heterocycles. The van der Waals surface area contributed by atoms with Crippen LogP contribution in [0.4, 0.5) is 13.2 Å². The first-order chi connectivity index (χ1) is 9.90. The van der Waals surface area contributed by atoms with Crippen LogP contribution in [0.5, 0.6) is 0 Å². The number of rotatable bonds is 4. The van der Waals surface area contributed by atoms with Crippen LogP contribution in [0, 0.1) is 0 Å². The minimum Gasteiger partial charge on any atom is -0.463 e. The van der Waals surface area contributed by atoms with Crippen LogP contribution in [0.25, 0.3) is 0 Å². The highest BCUT2D eigenvalue weighted by Gasteiger charge is 2.29. The van der Waals surface area contributed by atoms with Crippen molar-refractivity contribution in [2.45, 2.75) is 19.0 Å².